The predicted molar refractivity (Wildman–Crippen MR) is 74.4 cm³/mol. The molecule has 1 N–H and O–H groups in total. The van der Waals surface area contributed by atoms with Crippen LogP contribution in [0.2, 0.25) is 0 Å². The van der Waals surface area contributed by atoms with Crippen LogP contribution >= 0.6 is 0 Å². The SMILES string of the molecule is CCCNC(C1CCCCCC1)C(CC)OC. The molecular formula is C15H31NO. The van der Waals surface area contributed by atoms with E-state index in [0.29, 0.717) is 12.1 Å². The summed E-state index contributed by atoms with van der Waals surface area (Å²) in [7, 11) is 1.87. The van der Waals surface area contributed by atoms with Crippen molar-refractivity contribution in [3.8, 4) is 0 Å². The Labute approximate surface area is 108 Å². The fourth-order valence-corrected chi connectivity index (χ4v) is 3.15. The molecule has 1 aliphatic carbocycles. The lowest BCUT2D eigenvalue weighted by atomic mass is 9.87. The van der Waals surface area contributed by atoms with E-state index in [0.717, 1.165) is 18.9 Å². The van der Waals surface area contributed by atoms with E-state index in [1.54, 1.807) is 0 Å². The zero-order valence-corrected chi connectivity index (χ0v) is 12.0. The summed E-state index contributed by atoms with van der Waals surface area (Å²) in [6.07, 6.45) is 11.2. The minimum atomic E-state index is 0.393. The van der Waals surface area contributed by atoms with Crippen LogP contribution in [0.4, 0.5) is 0 Å². The van der Waals surface area contributed by atoms with Crippen LogP contribution in [0.1, 0.15) is 65.2 Å². The van der Waals surface area contributed by atoms with Crippen LogP contribution < -0.4 is 5.32 Å². The van der Waals surface area contributed by atoms with Gasteiger partial charge in [0.2, 0.25) is 0 Å². The molecule has 2 heteroatoms. The Bertz CT molecular complexity index is 172. The average Bonchev–Trinajstić information content (AvgIpc) is 2.63. The van der Waals surface area contributed by atoms with E-state index in [1.165, 1.54) is 44.9 Å². The second kappa shape index (κ2) is 8.93. The van der Waals surface area contributed by atoms with E-state index >= 15 is 0 Å². The molecule has 2 nitrogen and oxygen atoms in total. The van der Waals surface area contributed by atoms with Crippen molar-refractivity contribution in [2.24, 2.45) is 5.92 Å². The number of nitrogens with one attached hydrogen (secondary N) is 1. The molecule has 1 aliphatic rings. The van der Waals surface area contributed by atoms with Gasteiger partial charge in [-0.15, -0.1) is 0 Å². The van der Waals surface area contributed by atoms with Crippen molar-refractivity contribution in [3.63, 3.8) is 0 Å². The Hall–Kier alpha value is -0.0800. The lowest BCUT2D eigenvalue weighted by molar-refractivity contribution is 0.0413. The molecule has 1 saturated carbocycles. The van der Waals surface area contributed by atoms with Gasteiger partial charge >= 0.3 is 0 Å². The van der Waals surface area contributed by atoms with E-state index in [9.17, 15) is 0 Å². The summed E-state index contributed by atoms with van der Waals surface area (Å²) in [5, 5.41) is 3.74. The summed E-state index contributed by atoms with van der Waals surface area (Å²) < 4.78 is 5.69. The summed E-state index contributed by atoms with van der Waals surface area (Å²) in [6, 6.07) is 0.572. The van der Waals surface area contributed by atoms with Gasteiger partial charge in [0, 0.05) is 13.2 Å². The molecule has 1 rings (SSSR count). The highest BCUT2D eigenvalue weighted by molar-refractivity contribution is 4.84. The van der Waals surface area contributed by atoms with Gasteiger partial charge in [0.05, 0.1) is 6.10 Å². The van der Waals surface area contributed by atoms with Gasteiger partial charge in [-0.05, 0) is 38.1 Å². The Balaban J connectivity index is 2.58. The highest BCUT2D eigenvalue weighted by atomic mass is 16.5. The first-order valence-electron chi connectivity index (χ1n) is 7.59. The highest BCUT2D eigenvalue weighted by Gasteiger charge is 2.28. The standard InChI is InChI=1S/C15H31NO/c1-4-12-16-15(14(5-2)17-3)13-10-8-6-7-9-11-13/h13-16H,4-12H2,1-3H3. The molecule has 0 amide bonds. The van der Waals surface area contributed by atoms with Crippen LogP contribution in [0, 0.1) is 5.92 Å². The molecule has 0 radical (unpaired) electrons. The third-order valence-corrected chi connectivity index (χ3v) is 4.14. The third-order valence-electron chi connectivity index (χ3n) is 4.14. The van der Waals surface area contributed by atoms with Crippen molar-refractivity contribution in [2.75, 3.05) is 13.7 Å². The Morgan fingerprint density at radius 2 is 1.76 bits per heavy atom. The lowest BCUT2D eigenvalue weighted by Crippen LogP contribution is -2.46. The second-order valence-electron chi connectivity index (χ2n) is 5.41. The molecule has 0 bridgehead atoms. The van der Waals surface area contributed by atoms with Gasteiger partial charge in [0.25, 0.3) is 0 Å². The second-order valence-corrected chi connectivity index (χ2v) is 5.41. The normalized spacial score (nSPS) is 22.1. The largest absolute Gasteiger partial charge is 0.380 e. The van der Waals surface area contributed by atoms with Crippen molar-refractivity contribution in [1.29, 1.82) is 0 Å². The highest BCUT2D eigenvalue weighted by Crippen LogP contribution is 2.28. The molecule has 0 aromatic heterocycles. The first-order chi connectivity index (χ1) is 8.33. The molecule has 2 unspecified atom stereocenters. The van der Waals surface area contributed by atoms with E-state index in [2.05, 4.69) is 19.2 Å². The van der Waals surface area contributed by atoms with Crippen molar-refractivity contribution in [3.05, 3.63) is 0 Å². The molecule has 2 atom stereocenters. The third kappa shape index (κ3) is 4.97. The van der Waals surface area contributed by atoms with E-state index in [1.807, 2.05) is 7.11 Å². The molecule has 1 fully saturated rings. The summed E-state index contributed by atoms with van der Waals surface area (Å²) in [5.74, 6) is 0.828. The monoisotopic (exact) mass is 241 g/mol. The molecule has 0 heterocycles. The van der Waals surface area contributed by atoms with Crippen molar-refractivity contribution in [2.45, 2.75) is 77.4 Å². The van der Waals surface area contributed by atoms with Crippen LogP contribution in [-0.2, 0) is 4.74 Å². The van der Waals surface area contributed by atoms with Gasteiger partial charge in [-0.3, -0.25) is 0 Å². The Morgan fingerprint density at radius 3 is 2.24 bits per heavy atom. The zero-order chi connectivity index (χ0) is 12.5. The zero-order valence-electron chi connectivity index (χ0n) is 12.0. The first kappa shape index (κ1) is 15.0. The fourth-order valence-electron chi connectivity index (χ4n) is 3.15. The molecule has 0 aromatic rings. The maximum Gasteiger partial charge on any atom is 0.0724 e. The summed E-state index contributed by atoms with van der Waals surface area (Å²) >= 11 is 0. The van der Waals surface area contributed by atoms with Gasteiger partial charge in [-0.2, -0.15) is 0 Å². The average molecular weight is 241 g/mol. The maximum atomic E-state index is 5.69. The Kier molecular flexibility index (Phi) is 7.87. The summed E-state index contributed by atoms with van der Waals surface area (Å²) in [5.41, 5.74) is 0. The van der Waals surface area contributed by atoms with E-state index < -0.39 is 0 Å². The molecule has 102 valence electrons. The van der Waals surface area contributed by atoms with Crippen LogP contribution in [-0.4, -0.2) is 25.8 Å². The van der Waals surface area contributed by atoms with Crippen LogP contribution in [0.3, 0.4) is 0 Å². The van der Waals surface area contributed by atoms with Crippen LogP contribution in [0.5, 0.6) is 0 Å². The number of ether oxygens (including phenoxy) is 1. The minimum Gasteiger partial charge on any atom is -0.380 e. The van der Waals surface area contributed by atoms with Crippen molar-refractivity contribution in [1.82, 2.24) is 5.32 Å². The van der Waals surface area contributed by atoms with Crippen LogP contribution in [0.15, 0.2) is 0 Å². The Morgan fingerprint density at radius 1 is 1.12 bits per heavy atom. The summed E-state index contributed by atoms with van der Waals surface area (Å²) in [4.78, 5) is 0. The number of methoxy groups -OCH3 is 1. The first-order valence-corrected chi connectivity index (χ1v) is 7.59. The van der Waals surface area contributed by atoms with Crippen molar-refractivity contribution < 1.29 is 4.74 Å². The number of hydrogen-bond acceptors (Lipinski definition) is 2. The maximum absolute atomic E-state index is 5.69. The van der Waals surface area contributed by atoms with E-state index in [-0.39, 0.29) is 0 Å². The molecule has 0 aromatic carbocycles. The van der Waals surface area contributed by atoms with Crippen molar-refractivity contribution >= 4 is 0 Å². The van der Waals surface area contributed by atoms with E-state index in [4.69, 9.17) is 4.74 Å². The molecule has 0 spiro atoms. The topological polar surface area (TPSA) is 21.3 Å². The summed E-state index contributed by atoms with van der Waals surface area (Å²) in [6.45, 7) is 5.61. The quantitative estimate of drug-likeness (QED) is 0.685. The fraction of sp³-hybridized carbons (Fsp3) is 1.00. The smallest absolute Gasteiger partial charge is 0.0724 e. The number of rotatable bonds is 7. The molecular weight excluding hydrogens is 210 g/mol. The lowest BCUT2D eigenvalue weighted by Gasteiger charge is -2.33. The van der Waals surface area contributed by atoms with Gasteiger partial charge in [0.1, 0.15) is 0 Å². The van der Waals surface area contributed by atoms with Gasteiger partial charge in [0.15, 0.2) is 0 Å². The molecule has 0 saturated heterocycles. The predicted octanol–water partition coefficient (Wildman–Crippen LogP) is 3.75. The van der Waals surface area contributed by atoms with Gasteiger partial charge in [-0.1, -0.05) is 39.5 Å². The molecule has 17 heavy (non-hydrogen) atoms. The molecule has 0 aliphatic heterocycles. The van der Waals surface area contributed by atoms with Gasteiger partial charge < -0.3 is 10.1 Å². The van der Waals surface area contributed by atoms with Gasteiger partial charge in [-0.25, -0.2) is 0 Å². The minimum absolute atomic E-state index is 0.393. The number of hydrogen-bond donors (Lipinski definition) is 1. The van der Waals surface area contributed by atoms with Crippen LogP contribution in [0.25, 0.3) is 0 Å².